The highest BCUT2D eigenvalue weighted by Crippen LogP contribution is 2.24. The third-order valence-electron chi connectivity index (χ3n) is 5.66. The van der Waals surface area contributed by atoms with Crippen LogP contribution in [0.2, 0.25) is 5.02 Å². The van der Waals surface area contributed by atoms with Gasteiger partial charge in [0.05, 0.1) is 12.7 Å². The SMILES string of the molecule is CON(C)C(=O)[C@H](CC(C)C)NC(=O)[C@H](CC(C)C)NC(=O)c1cc(Cl)ccc1OCc1ccccc1. The van der Waals surface area contributed by atoms with Crippen molar-refractivity contribution in [2.24, 2.45) is 11.8 Å². The van der Waals surface area contributed by atoms with E-state index in [0.717, 1.165) is 10.6 Å². The second-order valence-corrected chi connectivity index (χ2v) is 10.2. The second-order valence-electron chi connectivity index (χ2n) is 9.78. The maximum absolute atomic E-state index is 13.4. The van der Waals surface area contributed by atoms with Gasteiger partial charge in [0.2, 0.25) is 5.91 Å². The van der Waals surface area contributed by atoms with Crippen LogP contribution in [0.15, 0.2) is 48.5 Å². The number of rotatable bonds is 13. The standard InChI is InChI=1S/C28H38ClN3O5/c1-18(2)14-23(27(34)31-24(15-19(3)4)28(35)32(5)36-6)30-26(33)22-16-21(29)12-13-25(22)37-17-20-10-8-7-9-11-20/h7-13,16,18-19,23-24H,14-15,17H2,1-6H3,(H,30,33)(H,31,34)/t23-,24-/m0/s1. The highest BCUT2D eigenvalue weighted by molar-refractivity contribution is 6.31. The molecule has 202 valence electrons. The van der Waals surface area contributed by atoms with E-state index in [0.29, 0.717) is 23.6 Å². The Morgan fingerprint density at radius 1 is 0.919 bits per heavy atom. The monoisotopic (exact) mass is 531 g/mol. The lowest BCUT2D eigenvalue weighted by atomic mass is 9.99. The average molecular weight is 532 g/mol. The lowest BCUT2D eigenvalue weighted by Gasteiger charge is -2.27. The van der Waals surface area contributed by atoms with E-state index in [-0.39, 0.29) is 29.9 Å². The van der Waals surface area contributed by atoms with E-state index in [1.54, 1.807) is 12.1 Å². The Morgan fingerprint density at radius 2 is 1.54 bits per heavy atom. The summed E-state index contributed by atoms with van der Waals surface area (Å²) in [7, 11) is 2.88. The molecule has 2 atom stereocenters. The average Bonchev–Trinajstić information content (AvgIpc) is 2.86. The van der Waals surface area contributed by atoms with Gasteiger partial charge in [-0.3, -0.25) is 19.2 Å². The van der Waals surface area contributed by atoms with Gasteiger partial charge in [0.25, 0.3) is 11.8 Å². The van der Waals surface area contributed by atoms with Crippen molar-refractivity contribution in [3.8, 4) is 5.75 Å². The highest BCUT2D eigenvalue weighted by Gasteiger charge is 2.30. The van der Waals surface area contributed by atoms with E-state index in [1.807, 2.05) is 58.0 Å². The minimum Gasteiger partial charge on any atom is -0.488 e. The third-order valence-corrected chi connectivity index (χ3v) is 5.89. The zero-order valence-electron chi connectivity index (χ0n) is 22.4. The number of hydrogen-bond acceptors (Lipinski definition) is 5. The van der Waals surface area contributed by atoms with Crippen LogP contribution in [0.25, 0.3) is 0 Å². The topological polar surface area (TPSA) is 97.0 Å². The first-order chi connectivity index (χ1) is 17.5. The van der Waals surface area contributed by atoms with Crippen molar-refractivity contribution in [1.82, 2.24) is 15.7 Å². The predicted octanol–water partition coefficient (Wildman–Crippen LogP) is 4.61. The molecular formula is C28H38ClN3O5. The normalized spacial score (nSPS) is 12.7. The van der Waals surface area contributed by atoms with Gasteiger partial charge in [-0.1, -0.05) is 69.6 Å². The maximum Gasteiger partial charge on any atom is 0.268 e. The summed E-state index contributed by atoms with van der Waals surface area (Å²) in [5.41, 5.74) is 1.17. The van der Waals surface area contributed by atoms with Gasteiger partial charge in [0.15, 0.2) is 0 Å². The van der Waals surface area contributed by atoms with Gasteiger partial charge in [-0.05, 0) is 48.4 Å². The Kier molecular flexibility index (Phi) is 11.9. The summed E-state index contributed by atoms with van der Waals surface area (Å²) in [6, 6.07) is 12.7. The van der Waals surface area contributed by atoms with Gasteiger partial charge >= 0.3 is 0 Å². The van der Waals surface area contributed by atoms with Crippen LogP contribution in [0.5, 0.6) is 5.75 Å². The number of hydrogen-bond donors (Lipinski definition) is 2. The van der Waals surface area contributed by atoms with Crippen molar-refractivity contribution >= 4 is 29.3 Å². The molecule has 0 aliphatic rings. The van der Waals surface area contributed by atoms with Gasteiger partial charge in [0, 0.05) is 12.1 Å². The summed E-state index contributed by atoms with van der Waals surface area (Å²) in [4.78, 5) is 44.5. The number of nitrogens with zero attached hydrogens (tertiary/aromatic N) is 1. The fourth-order valence-electron chi connectivity index (χ4n) is 3.75. The molecule has 0 aliphatic heterocycles. The number of halogens is 1. The van der Waals surface area contributed by atoms with Gasteiger partial charge < -0.3 is 15.4 Å². The predicted molar refractivity (Wildman–Crippen MR) is 144 cm³/mol. The molecule has 0 fully saturated rings. The first-order valence-electron chi connectivity index (χ1n) is 12.4. The molecule has 0 aliphatic carbocycles. The van der Waals surface area contributed by atoms with E-state index in [1.165, 1.54) is 20.2 Å². The lowest BCUT2D eigenvalue weighted by molar-refractivity contribution is -0.172. The van der Waals surface area contributed by atoms with Crippen LogP contribution in [0, 0.1) is 11.8 Å². The summed E-state index contributed by atoms with van der Waals surface area (Å²) in [5.74, 6) is -0.709. The van der Waals surface area contributed by atoms with Crippen molar-refractivity contribution in [1.29, 1.82) is 0 Å². The summed E-state index contributed by atoms with van der Waals surface area (Å²) < 4.78 is 5.92. The molecule has 0 saturated carbocycles. The largest absolute Gasteiger partial charge is 0.488 e. The molecule has 0 unspecified atom stereocenters. The number of benzene rings is 2. The van der Waals surface area contributed by atoms with Crippen LogP contribution >= 0.6 is 11.6 Å². The fraction of sp³-hybridized carbons (Fsp3) is 0.464. The van der Waals surface area contributed by atoms with E-state index in [4.69, 9.17) is 21.2 Å². The van der Waals surface area contributed by atoms with Crippen LogP contribution in [-0.4, -0.2) is 49.0 Å². The molecule has 0 radical (unpaired) electrons. The number of amides is 3. The Morgan fingerprint density at radius 3 is 2.14 bits per heavy atom. The summed E-state index contributed by atoms with van der Waals surface area (Å²) >= 11 is 6.19. The molecule has 37 heavy (non-hydrogen) atoms. The lowest BCUT2D eigenvalue weighted by Crippen LogP contribution is -2.54. The van der Waals surface area contributed by atoms with Crippen LogP contribution in [0.3, 0.4) is 0 Å². The molecule has 0 heterocycles. The summed E-state index contributed by atoms with van der Waals surface area (Å²) in [6.45, 7) is 8.10. The molecule has 9 heteroatoms. The quantitative estimate of drug-likeness (QED) is 0.368. The summed E-state index contributed by atoms with van der Waals surface area (Å²) in [6.07, 6.45) is 0.799. The minimum absolute atomic E-state index is 0.102. The van der Waals surface area contributed by atoms with Gasteiger partial charge in [-0.25, -0.2) is 5.06 Å². The number of carbonyl (C=O) groups excluding carboxylic acids is 3. The van der Waals surface area contributed by atoms with Crippen molar-refractivity contribution in [3.63, 3.8) is 0 Å². The molecule has 0 spiro atoms. The molecule has 2 rings (SSSR count). The highest BCUT2D eigenvalue weighted by atomic mass is 35.5. The Hall–Kier alpha value is -3.10. The molecule has 2 aromatic rings. The zero-order valence-corrected chi connectivity index (χ0v) is 23.2. The smallest absolute Gasteiger partial charge is 0.268 e. The second kappa shape index (κ2) is 14.6. The van der Waals surface area contributed by atoms with E-state index in [2.05, 4.69) is 10.6 Å². The molecule has 3 amide bonds. The number of nitrogens with one attached hydrogen (secondary N) is 2. The number of likely N-dealkylation sites (N-methyl/N-ethyl adjacent to an activating group) is 1. The Balaban J connectivity index is 2.23. The fourth-order valence-corrected chi connectivity index (χ4v) is 3.93. The van der Waals surface area contributed by atoms with E-state index < -0.39 is 23.9 Å². The molecular weight excluding hydrogens is 494 g/mol. The molecule has 8 nitrogen and oxygen atoms in total. The van der Waals surface area contributed by atoms with Crippen LogP contribution in [-0.2, 0) is 21.0 Å². The Labute approximate surface area is 224 Å². The van der Waals surface area contributed by atoms with Crippen LogP contribution in [0.4, 0.5) is 0 Å². The zero-order chi connectivity index (χ0) is 27.5. The van der Waals surface area contributed by atoms with Gasteiger partial charge in [-0.15, -0.1) is 0 Å². The summed E-state index contributed by atoms with van der Waals surface area (Å²) in [5, 5.41) is 7.10. The van der Waals surface area contributed by atoms with E-state index >= 15 is 0 Å². The minimum atomic E-state index is -0.872. The van der Waals surface area contributed by atoms with Gasteiger partial charge in [0.1, 0.15) is 24.4 Å². The first kappa shape index (κ1) is 30.1. The van der Waals surface area contributed by atoms with Gasteiger partial charge in [-0.2, -0.15) is 0 Å². The number of carbonyl (C=O) groups is 3. The number of hydroxylamine groups is 2. The van der Waals surface area contributed by atoms with Crippen molar-refractivity contribution < 1.29 is 24.0 Å². The van der Waals surface area contributed by atoms with E-state index in [9.17, 15) is 14.4 Å². The number of ether oxygens (including phenoxy) is 1. The maximum atomic E-state index is 13.4. The molecule has 2 N–H and O–H groups in total. The van der Waals surface area contributed by atoms with Crippen molar-refractivity contribution in [2.75, 3.05) is 14.2 Å². The van der Waals surface area contributed by atoms with Crippen molar-refractivity contribution in [2.45, 2.75) is 59.2 Å². The van der Waals surface area contributed by atoms with Crippen LogP contribution < -0.4 is 15.4 Å². The molecule has 0 bridgehead atoms. The molecule has 0 aromatic heterocycles. The molecule has 0 saturated heterocycles. The van der Waals surface area contributed by atoms with Crippen LogP contribution in [0.1, 0.15) is 56.5 Å². The first-order valence-corrected chi connectivity index (χ1v) is 12.8. The third kappa shape index (κ3) is 9.70. The van der Waals surface area contributed by atoms with Crippen molar-refractivity contribution in [3.05, 3.63) is 64.7 Å². The molecule has 2 aromatic carbocycles. The Bertz CT molecular complexity index is 1050.